The molecule has 0 aliphatic carbocycles. The van der Waals surface area contributed by atoms with Crippen molar-refractivity contribution in [1.29, 1.82) is 0 Å². The molecule has 1 atom stereocenters. The van der Waals surface area contributed by atoms with Gasteiger partial charge < -0.3 is 19.5 Å². The minimum Gasteiger partial charge on any atom is -0.493 e. The third kappa shape index (κ3) is 4.91. The van der Waals surface area contributed by atoms with Crippen LogP contribution in [0.5, 0.6) is 11.5 Å². The Morgan fingerprint density at radius 3 is 2.54 bits per heavy atom. The van der Waals surface area contributed by atoms with E-state index in [9.17, 15) is 4.79 Å². The van der Waals surface area contributed by atoms with Crippen molar-refractivity contribution < 1.29 is 19.0 Å². The van der Waals surface area contributed by atoms with Crippen LogP contribution in [0.2, 0.25) is 0 Å². The molecule has 188 valence electrons. The van der Waals surface area contributed by atoms with Crippen molar-refractivity contribution in [2.24, 2.45) is 0 Å². The normalized spacial score (nSPS) is 14.5. The molecule has 4 aromatic rings. The Balaban J connectivity index is 1.56. The zero-order chi connectivity index (χ0) is 25.8. The second kappa shape index (κ2) is 10.6. The molecule has 1 aromatic heterocycles. The van der Waals surface area contributed by atoms with Gasteiger partial charge in [0.05, 0.1) is 25.0 Å². The summed E-state index contributed by atoms with van der Waals surface area (Å²) >= 11 is 0. The summed E-state index contributed by atoms with van der Waals surface area (Å²) < 4.78 is 18.9. The van der Waals surface area contributed by atoms with Crippen LogP contribution in [0.25, 0.3) is 5.70 Å². The van der Waals surface area contributed by atoms with E-state index in [0.717, 1.165) is 16.7 Å². The van der Waals surface area contributed by atoms with Crippen LogP contribution < -0.4 is 14.8 Å². The van der Waals surface area contributed by atoms with Crippen LogP contribution in [-0.2, 0) is 16.1 Å². The van der Waals surface area contributed by atoms with E-state index < -0.39 is 12.0 Å². The lowest BCUT2D eigenvalue weighted by Crippen LogP contribution is -2.30. The van der Waals surface area contributed by atoms with Gasteiger partial charge in [-0.1, -0.05) is 66.2 Å². The molecule has 0 bridgehead atoms. The number of hydrogen-bond donors (Lipinski definition) is 1. The van der Waals surface area contributed by atoms with Crippen LogP contribution in [0.1, 0.15) is 35.2 Å². The molecule has 0 unspecified atom stereocenters. The fourth-order valence-corrected chi connectivity index (χ4v) is 4.35. The van der Waals surface area contributed by atoms with Crippen molar-refractivity contribution in [3.8, 4) is 11.5 Å². The number of esters is 1. The van der Waals surface area contributed by atoms with Gasteiger partial charge in [-0.05, 0) is 42.7 Å². The molecule has 1 aliphatic heterocycles. The Morgan fingerprint density at radius 1 is 1.03 bits per heavy atom. The molecule has 0 saturated carbocycles. The van der Waals surface area contributed by atoms with E-state index >= 15 is 0 Å². The summed E-state index contributed by atoms with van der Waals surface area (Å²) in [6.07, 6.45) is 1.46. The molecule has 0 spiro atoms. The smallest absolute Gasteiger partial charge is 0.338 e. The first kappa shape index (κ1) is 24.1. The summed E-state index contributed by atoms with van der Waals surface area (Å²) in [5, 5.41) is 7.70. The van der Waals surface area contributed by atoms with E-state index in [1.54, 1.807) is 18.7 Å². The SMILES string of the molecule is CCOC(=O)C1=C(c2ccccc2)Nc2ncnn2[C@H]1c1ccc(OCc2ccc(C)cc2)c(OC)c1. The molecule has 8 nitrogen and oxygen atoms in total. The Kier molecular flexibility index (Phi) is 6.89. The molecule has 5 rings (SSSR count). The molecule has 1 aliphatic rings. The standard InChI is InChI=1S/C29H28N4O4/c1-4-36-28(34)25-26(21-8-6-5-7-9-21)32-29-30-18-31-33(29)27(25)22-14-15-23(24(16-22)35-3)37-17-20-12-10-19(2)11-13-20/h5-16,18,27H,4,17H2,1-3H3,(H,30,31,32)/t27-/m0/s1. The Bertz CT molecular complexity index is 1430. The highest BCUT2D eigenvalue weighted by atomic mass is 16.5. The van der Waals surface area contributed by atoms with Crippen molar-refractivity contribution in [3.63, 3.8) is 0 Å². The first-order chi connectivity index (χ1) is 18.1. The van der Waals surface area contributed by atoms with E-state index in [1.165, 1.54) is 11.9 Å². The molecular formula is C29H28N4O4. The van der Waals surface area contributed by atoms with Gasteiger partial charge in [-0.15, -0.1) is 0 Å². The average Bonchev–Trinajstić information content (AvgIpc) is 3.41. The molecule has 0 saturated heterocycles. The van der Waals surface area contributed by atoms with Gasteiger partial charge in [0.25, 0.3) is 0 Å². The lowest BCUT2D eigenvalue weighted by molar-refractivity contribution is -0.138. The highest BCUT2D eigenvalue weighted by molar-refractivity contribution is 6.02. The predicted octanol–water partition coefficient (Wildman–Crippen LogP) is 5.16. The fraction of sp³-hybridized carbons (Fsp3) is 0.207. The summed E-state index contributed by atoms with van der Waals surface area (Å²) in [4.78, 5) is 17.7. The van der Waals surface area contributed by atoms with Crippen LogP contribution in [0, 0.1) is 6.92 Å². The second-order valence-corrected chi connectivity index (χ2v) is 8.62. The number of carbonyl (C=O) groups excluding carboxylic acids is 1. The number of anilines is 1. The van der Waals surface area contributed by atoms with E-state index in [-0.39, 0.29) is 6.61 Å². The number of ether oxygens (including phenoxy) is 3. The quantitative estimate of drug-likeness (QED) is 0.337. The number of methoxy groups -OCH3 is 1. The van der Waals surface area contributed by atoms with Crippen LogP contribution in [-0.4, -0.2) is 34.5 Å². The van der Waals surface area contributed by atoms with Gasteiger partial charge in [0, 0.05) is 0 Å². The molecular weight excluding hydrogens is 468 g/mol. The number of nitrogens with one attached hydrogen (secondary N) is 1. The second-order valence-electron chi connectivity index (χ2n) is 8.62. The average molecular weight is 497 g/mol. The van der Waals surface area contributed by atoms with Crippen molar-refractivity contribution in [1.82, 2.24) is 14.8 Å². The highest BCUT2D eigenvalue weighted by Crippen LogP contribution is 2.41. The Labute approximate surface area is 215 Å². The van der Waals surface area contributed by atoms with Crippen molar-refractivity contribution >= 4 is 17.6 Å². The number of fused-ring (bicyclic) bond motifs is 1. The lowest BCUT2D eigenvalue weighted by atomic mass is 9.92. The van der Waals surface area contributed by atoms with Gasteiger partial charge in [-0.3, -0.25) is 0 Å². The molecule has 2 heterocycles. The highest BCUT2D eigenvalue weighted by Gasteiger charge is 2.36. The number of aryl methyl sites for hydroxylation is 1. The maximum atomic E-state index is 13.4. The topological polar surface area (TPSA) is 87.5 Å². The van der Waals surface area contributed by atoms with E-state index in [4.69, 9.17) is 14.2 Å². The van der Waals surface area contributed by atoms with Gasteiger partial charge in [-0.25, -0.2) is 9.48 Å². The third-order valence-corrected chi connectivity index (χ3v) is 6.17. The summed E-state index contributed by atoms with van der Waals surface area (Å²) in [5.41, 5.74) is 4.94. The maximum absolute atomic E-state index is 13.4. The number of nitrogens with zero attached hydrogens (tertiary/aromatic N) is 3. The van der Waals surface area contributed by atoms with Crippen LogP contribution in [0.15, 0.2) is 84.7 Å². The summed E-state index contributed by atoms with van der Waals surface area (Å²) in [7, 11) is 1.60. The largest absolute Gasteiger partial charge is 0.493 e. The van der Waals surface area contributed by atoms with Gasteiger partial charge in [0.1, 0.15) is 19.0 Å². The number of rotatable bonds is 8. The first-order valence-electron chi connectivity index (χ1n) is 12.1. The van der Waals surface area contributed by atoms with Crippen molar-refractivity contribution in [3.05, 3.63) is 107 Å². The molecule has 1 N–H and O–H groups in total. The summed E-state index contributed by atoms with van der Waals surface area (Å²) in [5.74, 6) is 1.24. The van der Waals surface area contributed by atoms with E-state index in [1.807, 2.05) is 60.7 Å². The summed E-state index contributed by atoms with van der Waals surface area (Å²) in [6, 6.07) is 22.9. The number of aromatic nitrogens is 3. The molecule has 0 fully saturated rings. The number of benzene rings is 3. The molecule has 37 heavy (non-hydrogen) atoms. The first-order valence-corrected chi connectivity index (χ1v) is 12.1. The Morgan fingerprint density at radius 2 is 1.81 bits per heavy atom. The molecule has 3 aromatic carbocycles. The van der Waals surface area contributed by atoms with Crippen LogP contribution >= 0.6 is 0 Å². The minimum absolute atomic E-state index is 0.246. The zero-order valence-electron chi connectivity index (χ0n) is 21.0. The van der Waals surface area contributed by atoms with Crippen LogP contribution in [0.4, 0.5) is 5.95 Å². The molecule has 0 amide bonds. The fourth-order valence-electron chi connectivity index (χ4n) is 4.35. The predicted molar refractivity (Wildman–Crippen MR) is 140 cm³/mol. The minimum atomic E-state index is -0.590. The monoisotopic (exact) mass is 496 g/mol. The Hall–Kier alpha value is -4.59. The number of carbonyl (C=O) groups is 1. The lowest BCUT2D eigenvalue weighted by Gasteiger charge is -2.30. The van der Waals surface area contributed by atoms with E-state index in [2.05, 4.69) is 34.5 Å². The summed E-state index contributed by atoms with van der Waals surface area (Å²) in [6.45, 7) is 4.49. The number of hydrogen-bond acceptors (Lipinski definition) is 7. The third-order valence-electron chi connectivity index (χ3n) is 6.17. The zero-order valence-corrected chi connectivity index (χ0v) is 21.0. The van der Waals surface area contributed by atoms with Gasteiger partial charge in [0.2, 0.25) is 5.95 Å². The van der Waals surface area contributed by atoms with Gasteiger partial charge in [0.15, 0.2) is 11.5 Å². The van der Waals surface area contributed by atoms with Crippen LogP contribution in [0.3, 0.4) is 0 Å². The molecule has 8 heteroatoms. The molecule has 0 radical (unpaired) electrons. The van der Waals surface area contributed by atoms with E-state index in [0.29, 0.717) is 35.3 Å². The van der Waals surface area contributed by atoms with Gasteiger partial charge >= 0.3 is 5.97 Å². The maximum Gasteiger partial charge on any atom is 0.338 e. The van der Waals surface area contributed by atoms with Crippen molar-refractivity contribution in [2.75, 3.05) is 19.0 Å². The van der Waals surface area contributed by atoms with Crippen molar-refractivity contribution in [2.45, 2.75) is 26.5 Å². The van der Waals surface area contributed by atoms with Gasteiger partial charge in [-0.2, -0.15) is 10.1 Å².